The Balaban J connectivity index is 1.70. The molecule has 1 aliphatic rings. The van der Waals surface area contributed by atoms with Crippen LogP contribution in [0.25, 0.3) is 0 Å². The van der Waals surface area contributed by atoms with E-state index in [-0.39, 0.29) is 35.4 Å². The number of carbonyl (C=O) groups excluding carboxylic acids is 2. The van der Waals surface area contributed by atoms with Gasteiger partial charge in [0.05, 0.1) is 22.0 Å². The highest BCUT2D eigenvalue weighted by molar-refractivity contribution is 7.91. The summed E-state index contributed by atoms with van der Waals surface area (Å²) in [6.45, 7) is 5.84. The van der Waals surface area contributed by atoms with Gasteiger partial charge in [-0.3, -0.25) is 4.79 Å². The zero-order valence-corrected chi connectivity index (χ0v) is 21.9. The molecule has 3 rings (SSSR count). The summed E-state index contributed by atoms with van der Waals surface area (Å²) >= 11 is 1.30. The smallest absolute Gasteiger partial charge is 0.341 e. The molecule has 12 heteroatoms. The summed E-state index contributed by atoms with van der Waals surface area (Å²) in [5.74, 6) is -1.19. The summed E-state index contributed by atoms with van der Waals surface area (Å²) in [4.78, 5) is 26.0. The van der Waals surface area contributed by atoms with Gasteiger partial charge in [-0.25, -0.2) is 21.6 Å². The second kappa shape index (κ2) is 10.1. The lowest BCUT2D eigenvalue weighted by Gasteiger charge is -2.30. The van der Waals surface area contributed by atoms with Crippen molar-refractivity contribution in [2.45, 2.75) is 43.4 Å². The number of nitrogens with one attached hydrogen (secondary N) is 1. The molecule has 9 nitrogen and oxygen atoms in total. The molecule has 0 unspecified atom stereocenters. The Labute approximate surface area is 204 Å². The first kappa shape index (κ1) is 26.3. The fraction of sp³-hybridized carbons (Fsp3) is 0.455. The van der Waals surface area contributed by atoms with Gasteiger partial charge < -0.3 is 10.1 Å². The predicted molar refractivity (Wildman–Crippen MR) is 129 cm³/mol. The molecule has 2 heterocycles. The van der Waals surface area contributed by atoms with Crippen LogP contribution in [-0.2, 0) is 29.4 Å². The number of thiophene rings is 1. The molecule has 0 atom stereocenters. The molecule has 0 bridgehead atoms. The molecule has 1 fully saturated rings. The van der Waals surface area contributed by atoms with Gasteiger partial charge in [-0.05, 0) is 57.4 Å². The molecular weight excluding hydrogens is 500 g/mol. The minimum atomic E-state index is -3.90. The summed E-state index contributed by atoms with van der Waals surface area (Å²) in [5.41, 5.74) is 1.11. The minimum absolute atomic E-state index is 0.0678. The Morgan fingerprint density at radius 1 is 1.12 bits per heavy atom. The van der Waals surface area contributed by atoms with Crippen molar-refractivity contribution in [3.05, 3.63) is 40.3 Å². The predicted octanol–water partition coefficient (Wildman–Crippen LogP) is 2.98. The number of sulfone groups is 1. The van der Waals surface area contributed by atoms with Crippen LogP contribution in [0.15, 0.2) is 34.1 Å². The maximum absolute atomic E-state index is 13.0. The number of sulfonamides is 1. The van der Waals surface area contributed by atoms with E-state index in [2.05, 4.69) is 5.32 Å². The molecule has 0 aliphatic carbocycles. The highest BCUT2D eigenvalue weighted by atomic mass is 32.2. The lowest BCUT2D eigenvalue weighted by atomic mass is 9.97. The van der Waals surface area contributed by atoms with Crippen LogP contribution in [0.3, 0.4) is 0 Å². The number of benzene rings is 1. The minimum Gasteiger partial charge on any atom is -0.462 e. The van der Waals surface area contributed by atoms with Crippen molar-refractivity contribution in [3.63, 3.8) is 0 Å². The van der Waals surface area contributed by atoms with Crippen molar-refractivity contribution >= 4 is 48.1 Å². The van der Waals surface area contributed by atoms with E-state index in [4.69, 9.17) is 4.74 Å². The number of esters is 1. The number of ether oxygens (including phenoxy) is 1. The van der Waals surface area contributed by atoms with E-state index in [0.717, 1.165) is 22.8 Å². The second-order valence-corrected chi connectivity index (χ2v) is 13.3. The van der Waals surface area contributed by atoms with E-state index >= 15 is 0 Å². The van der Waals surface area contributed by atoms with Gasteiger partial charge in [-0.1, -0.05) is 6.07 Å². The third-order valence-electron chi connectivity index (χ3n) is 5.80. The summed E-state index contributed by atoms with van der Waals surface area (Å²) in [6, 6.07) is 5.27. The summed E-state index contributed by atoms with van der Waals surface area (Å²) in [6.07, 6.45) is 1.62. The quantitative estimate of drug-likeness (QED) is 0.547. The van der Waals surface area contributed by atoms with Crippen molar-refractivity contribution in [3.8, 4) is 0 Å². The number of hydrogen-bond donors (Lipinski definition) is 1. The van der Waals surface area contributed by atoms with Gasteiger partial charge in [-0.15, -0.1) is 11.3 Å². The number of amides is 1. The summed E-state index contributed by atoms with van der Waals surface area (Å²) < 4.78 is 56.1. The molecule has 1 N–H and O–H groups in total. The van der Waals surface area contributed by atoms with Gasteiger partial charge in [0.1, 0.15) is 5.00 Å². The van der Waals surface area contributed by atoms with E-state index in [0.29, 0.717) is 23.4 Å². The van der Waals surface area contributed by atoms with Crippen LogP contribution in [-0.4, -0.2) is 59.0 Å². The van der Waals surface area contributed by atoms with Crippen molar-refractivity contribution in [2.24, 2.45) is 5.92 Å². The molecule has 0 radical (unpaired) electrons. The average molecular weight is 529 g/mol. The maximum atomic E-state index is 13.0. The molecule has 0 saturated carbocycles. The van der Waals surface area contributed by atoms with Gasteiger partial charge in [0.25, 0.3) is 0 Å². The topological polar surface area (TPSA) is 127 Å². The Hall–Kier alpha value is -2.28. The molecule has 1 aliphatic heterocycles. The Kier molecular flexibility index (Phi) is 7.85. The SMILES string of the molecule is CCOC(=O)c1c(NC(=O)C2CCN(S(=O)(=O)c3cccc(S(C)(=O)=O)c3)CC2)sc(C)c1C. The fourth-order valence-corrected chi connectivity index (χ4v) is 7.06. The molecule has 1 aromatic carbocycles. The molecule has 34 heavy (non-hydrogen) atoms. The zero-order chi connectivity index (χ0) is 25.3. The number of nitrogens with zero attached hydrogens (tertiary/aromatic N) is 1. The van der Waals surface area contributed by atoms with Crippen LogP contribution in [0, 0.1) is 19.8 Å². The third kappa shape index (κ3) is 5.51. The number of carbonyl (C=O) groups is 2. The number of hydrogen-bond acceptors (Lipinski definition) is 8. The van der Waals surface area contributed by atoms with Crippen LogP contribution in [0.2, 0.25) is 0 Å². The van der Waals surface area contributed by atoms with Crippen LogP contribution >= 0.6 is 11.3 Å². The van der Waals surface area contributed by atoms with E-state index in [1.54, 1.807) is 13.8 Å². The molecule has 186 valence electrons. The Morgan fingerprint density at radius 3 is 2.32 bits per heavy atom. The largest absolute Gasteiger partial charge is 0.462 e. The Morgan fingerprint density at radius 2 is 1.74 bits per heavy atom. The van der Waals surface area contributed by atoms with E-state index < -0.39 is 31.7 Å². The van der Waals surface area contributed by atoms with E-state index in [1.165, 1.54) is 33.8 Å². The lowest BCUT2D eigenvalue weighted by molar-refractivity contribution is -0.120. The fourth-order valence-electron chi connectivity index (χ4n) is 3.75. The number of aryl methyl sites for hydroxylation is 1. The molecular formula is C22H28N2O7S3. The van der Waals surface area contributed by atoms with Gasteiger partial charge in [0.2, 0.25) is 15.9 Å². The van der Waals surface area contributed by atoms with Crippen molar-refractivity contribution in [2.75, 3.05) is 31.3 Å². The number of piperidine rings is 1. The number of anilines is 1. The standard InChI is InChI=1S/C22H28N2O7S3/c1-5-31-22(26)19-14(2)15(3)32-21(19)23-20(25)16-9-11-24(12-10-16)34(29,30)18-8-6-7-17(13-18)33(4,27)28/h6-8,13,16H,5,9-12H2,1-4H3,(H,23,25). The van der Waals surface area contributed by atoms with Crippen LogP contribution in [0.1, 0.15) is 40.6 Å². The molecule has 0 spiro atoms. The lowest BCUT2D eigenvalue weighted by Crippen LogP contribution is -2.41. The monoisotopic (exact) mass is 528 g/mol. The maximum Gasteiger partial charge on any atom is 0.341 e. The van der Waals surface area contributed by atoms with Crippen molar-refractivity contribution < 1.29 is 31.2 Å². The normalized spacial score (nSPS) is 15.8. The zero-order valence-electron chi connectivity index (χ0n) is 19.5. The summed E-state index contributed by atoms with van der Waals surface area (Å²) in [5, 5.41) is 3.27. The third-order valence-corrected chi connectivity index (χ3v) is 9.93. The first-order valence-corrected chi connectivity index (χ1v) is 14.9. The summed E-state index contributed by atoms with van der Waals surface area (Å²) in [7, 11) is -7.45. The molecule has 1 amide bonds. The van der Waals surface area contributed by atoms with Gasteiger partial charge in [0.15, 0.2) is 9.84 Å². The van der Waals surface area contributed by atoms with Crippen LogP contribution in [0.5, 0.6) is 0 Å². The number of rotatable bonds is 7. The molecule has 1 saturated heterocycles. The Bertz CT molecular complexity index is 1310. The van der Waals surface area contributed by atoms with Gasteiger partial charge in [-0.2, -0.15) is 4.31 Å². The first-order valence-electron chi connectivity index (χ1n) is 10.7. The van der Waals surface area contributed by atoms with Gasteiger partial charge in [0, 0.05) is 30.1 Å². The highest BCUT2D eigenvalue weighted by Crippen LogP contribution is 2.34. The highest BCUT2D eigenvalue weighted by Gasteiger charge is 2.33. The van der Waals surface area contributed by atoms with Crippen molar-refractivity contribution in [1.29, 1.82) is 0 Å². The second-order valence-electron chi connectivity index (χ2n) is 8.12. The molecule has 2 aromatic rings. The molecule has 1 aromatic heterocycles. The first-order chi connectivity index (χ1) is 15.9. The van der Waals surface area contributed by atoms with E-state index in [1.807, 2.05) is 6.92 Å². The average Bonchev–Trinajstić information content (AvgIpc) is 3.06. The van der Waals surface area contributed by atoms with Crippen LogP contribution < -0.4 is 5.32 Å². The van der Waals surface area contributed by atoms with Crippen molar-refractivity contribution in [1.82, 2.24) is 4.31 Å². The van der Waals surface area contributed by atoms with E-state index in [9.17, 15) is 26.4 Å². The van der Waals surface area contributed by atoms with Crippen LogP contribution in [0.4, 0.5) is 5.00 Å². The van der Waals surface area contributed by atoms with Gasteiger partial charge >= 0.3 is 5.97 Å².